The van der Waals surface area contributed by atoms with Crippen LogP contribution in [-0.2, 0) is 0 Å². The Hall–Kier alpha value is -2.27. The molecule has 0 fully saturated rings. The van der Waals surface area contributed by atoms with Crippen molar-refractivity contribution in [1.82, 2.24) is 4.98 Å². The number of nitrogens with one attached hydrogen (secondary N) is 1. The van der Waals surface area contributed by atoms with Gasteiger partial charge in [-0.15, -0.1) is 0 Å². The van der Waals surface area contributed by atoms with Crippen LogP contribution in [0.25, 0.3) is 0 Å². The molecular formula is C12H10ClN3O2. The highest BCUT2D eigenvalue weighted by Crippen LogP contribution is 2.24. The molecule has 0 spiro atoms. The van der Waals surface area contributed by atoms with Crippen LogP contribution >= 0.6 is 11.6 Å². The number of hydrogen-bond acceptors (Lipinski definition) is 4. The third kappa shape index (κ3) is 2.52. The zero-order valence-electron chi connectivity index (χ0n) is 9.22. The fraction of sp³-hybridized carbons (Fsp3) is 0. The van der Waals surface area contributed by atoms with Crippen LogP contribution in [0.15, 0.2) is 36.7 Å². The van der Waals surface area contributed by atoms with Gasteiger partial charge in [-0.2, -0.15) is 0 Å². The molecule has 5 nitrogen and oxygen atoms in total. The number of nitrogens with zero attached hydrogens (tertiary/aromatic N) is 1. The molecule has 0 bridgehead atoms. The van der Waals surface area contributed by atoms with Gasteiger partial charge in [-0.05, 0) is 24.3 Å². The van der Waals surface area contributed by atoms with Gasteiger partial charge in [-0.3, -0.25) is 9.78 Å². The number of nitrogen functional groups attached to an aromatic ring is 1. The summed E-state index contributed by atoms with van der Waals surface area (Å²) in [5.41, 5.74) is 6.62. The molecular weight excluding hydrogens is 254 g/mol. The van der Waals surface area contributed by atoms with Crippen molar-refractivity contribution in [2.24, 2.45) is 0 Å². The van der Waals surface area contributed by atoms with Crippen LogP contribution in [0.3, 0.4) is 0 Å². The number of aromatic hydroxyl groups is 1. The number of amides is 1. The van der Waals surface area contributed by atoms with Gasteiger partial charge in [0.15, 0.2) is 0 Å². The van der Waals surface area contributed by atoms with Crippen molar-refractivity contribution in [3.05, 3.63) is 47.2 Å². The molecule has 6 heteroatoms. The Balaban J connectivity index is 2.24. The number of pyridine rings is 1. The molecule has 2 aromatic rings. The van der Waals surface area contributed by atoms with Crippen LogP contribution in [0.5, 0.6) is 5.75 Å². The van der Waals surface area contributed by atoms with E-state index in [9.17, 15) is 9.90 Å². The number of nitrogens with two attached hydrogens (primary N) is 1. The van der Waals surface area contributed by atoms with Crippen LogP contribution in [0.2, 0.25) is 5.02 Å². The van der Waals surface area contributed by atoms with Gasteiger partial charge in [-0.1, -0.05) is 11.6 Å². The number of rotatable bonds is 2. The lowest BCUT2D eigenvalue weighted by atomic mass is 10.2. The molecule has 0 unspecified atom stereocenters. The summed E-state index contributed by atoms with van der Waals surface area (Å²) in [7, 11) is 0. The molecule has 2 rings (SSSR count). The lowest BCUT2D eigenvalue weighted by molar-refractivity contribution is 0.102. The summed E-state index contributed by atoms with van der Waals surface area (Å²) < 4.78 is 0. The van der Waals surface area contributed by atoms with E-state index in [4.69, 9.17) is 17.3 Å². The highest BCUT2D eigenvalue weighted by atomic mass is 35.5. The first kappa shape index (κ1) is 12.2. The largest absolute Gasteiger partial charge is 0.505 e. The molecule has 1 amide bonds. The predicted molar refractivity (Wildman–Crippen MR) is 69.7 cm³/mol. The Labute approximate surface area is 108 Å². The molecule has 1 heterocycles. The van der Waals surface area contributed by atoms with Gasteiger partial charge in [0, 0.05) is 11.2 Å². The summed E-state index contributed by atoms with van der Waals surface area (Å²) in [6.45, 7) is 0. The zero-order valence-corrected chi connectivity index (χ0v) is 9.98. The third-order valence-electron chi connectivity index (χ3n) is 2.31. The molecule has 1 aromatic heterocycles. The number of anilines is 2. The van der Waals surface area contributed by atoms with E-state index in [1.54, 1.807) is 12.1 Å². The minimum Gasteiger partial charge on any atom is -0.505 e. The van der Waals surface area contributed by atoms with E-state index < -0.39 is 5.91 Å². The number of benzene rings is 1. The third-order valence-corrected chi connectivity index (χ3v) is 2.54. The molecule has 0 saturated heterocycles. The van der Waals surface area contributed by atoms with Crippen LogP contribution in [0.1, 0.15) is 10.4 Å². The minimum absolute atomic E-state index is 0.124. The van der Waals surface area contributed by atoms with E-state index in [-0.39, 0.29) is 11.3 Å². The average molecular weight is 264 g/mol. The van der Waals surface area contributed by atoms with Gasteiger partial charge >= 0.3 is 0 Å². The summed E-state index contributed by atoms with van der Waals surface area (Å²) in [5, 5.41) is 12.6. The number of hydrogen-bond donors (Lipinski definition) is 3. The maximum atomic E-state index is 11.9. The lowest BCUT2D eigenvalue weighted by Gasteiger charge is -2.09. The fourth-order valence-electron chi connectivity index (χ4n) is 1.42. The maximum absolute atomic E-state index is 11.9. The lowest BCUT2D eigenvalue weighted by Crippen LogP contribution is -2.13. The number of aromatic nitrogens is 1. The van der Waals surface area contributed by atoms with Crippen molar-refractivity contribution in [3.8, 4) is 5.75 Å². The summed E-state index contributed by atoms with van der Waals surface area (Å²) in [6, 6.07) is 6.15. The van der Waals surface area contributed by atoms with Crippen molar-refractivity contribution in [1.29, 1.82) is 0 Å². The van der Waals surface area contributed by atoms with Gasteiger partial charge < -0.3 is 16.2 Å². The highest BCUT2D eigenvalue weighted by molar-refractivity contribution is 6.31. The second kappa shape index (κ2) is 4.93. The second-order valence-electron chi connectivity index (χ2n) is 3.58. The van der Waals surface area contributed by atoms with Crippen molar-refractivity contribution in [2.45, 2.75) is 0 Å². The van der Waals surface area contributed by atoms with Gasteiger partial charge in [0.25, 0.3) is 5.91 Å². The van der Waals surface area contributed by atoms with Gasteiger partial charge in [-0.25, -0.2) is 0 Å². The van der Waals surface area contributed by atoms with Crippen molar-refractivity contribution < 1.29 is 9.90 Å². The van der Waals surface area contributed by atoms with Gasteiger partial charge in [0.2, 0.25) is 0 Å². The predicted octanol–water partition coefficient (Wildman–Crippen LogP) is 2.28. The Morgan fingerprint density at radius 1 is 1.39 bits per heavy atom. The van der Waals surface area contributed by atoms with E-state index in [2.05, 4.69) is 10.3 Å². The Bertz CT molecular complexity index is 602. The van der Waals surface area contributed by atoms with Crippen LogP contribution in [0.4, 0.5) is 11.4 Å². The molecule has 92 valence electrons. The summed E-state index contributed by atoms with van der Waals surface area (Å²) >= 11 is 5.75. The SMILES string of the molecule is Nc1cc(Cl)ccc1NC(=O)c1ccncc1O. The highest BCUT2D eigenvalue weighted by Gasteiger charge is 2.12. The van der Waals surface area contributed by atoms with E-state index in [0.717, 1.165) is 0 Å². The minimum atomic E-state index is -0.469. The molecule has 0 aliphatic rings. The zero-order chi connectivity index (χ0) is 13.1. The second-order valence-corrected chi connectivity index (χ2v) is 4.01. The molecule has 0 saturated carbocycles. The van der Waals surface area contributed by atoms with Crippen molar-refractivity contribution in [2.75, 3.05) is 11.1 Å². The maximum Gasteiger partial charge on any atom is 0.259 e. The van der Waals surface area contributed by atoms with E-state index >= 15 is 0 Å². The fourth-order valence-corrected chi connectivity index (χ4v) is 1.60. The Morgan fingerprint density at radius 3 is 2.83 bits per heavy atom. The van der Waals surface area contributed by atoms with Crippen molar-refractivity contribution >= 4 is 28.9 Å². The van der Waals surface area contributed by atoms with Crippen LogP contribution < -0.4 is 11.1 Å². The molecule has 0 aliphatic carbocycles. The topological polar surface area (TPSA) is 88.2 Å². The van der Waals surface area contributed by atoms with Gasteiger partial charge in [0.05, 0.1) is 23.1 Å². The molecule has 4 N–H and O–H groups in total. The molecule has 0 atom stereocenters. The van der Waals surface area contributed by atoms with E-state index in [1.165, 1.54) is 24.5 Å². The molecule has 1 aromatic carbocycles. The first-order valence-electron chi connectivity index (χ1n) is 5.07. The monoisotopic (exact) mass is 263 g/mol. The van der Waals surface area contributed by atoms with Crippen LogP contribution in [-0.4, -0.2) is 16.0 Å². The first-order valence-corrected chi connectivity index (χ1v) is 5.45. The number of halogens is 1. The van der Waals surface area contributed by atoms with E-state index in [1.807, 2.05) is 0 Å². The standard InChI is InChI=1S/C12H10ClN3O2/c13-7-1-2-10(9(14)5-7)16-12(18)8-3-4-15-6-11(8)17/h1-6,17H,14H2,(H,16,18). The van der Waals surface area contributed by atoms with Crippen LogP contribution in [0, 0.1) is 0 Å². The Morgan fingerprint density at radius 2 is 2.17 bits per heavy atom. The normalized spacial score (nSPS) is 10.1. The first-order chi connectivity index (χ1) is 8.58. The molecule has 0 radical (unpaired) electrons. The average Bonchev–Trinajstić information content (AvgIpc) is 2.33. The summed E-state index contributed by atoms with van der Waals surface area (Å²) in [6.07, 6.45) is 2.61. The van der Waals surface area contributed by atoms with Gasteiger partial charge in [0.1, 0.15) is 5.75 Å². The Kier molecular flexibility index (Phi) is 3.34. The molecule has 18 heavy (non-hydrogen) atoms. The van der Waals surface area contributed by atoms with E-state index in [0.29, 0.717) is 16.4 Å². The number of carbonyl (C=O) groups is 1. The number of carbonyl (C=O) groups excluding carboxylic acids is 1. The summed E-state index contributed by atoms with van der Waals surface area (Å²) in [5.74, 6) is -0.661. The van der Waals surface area contributed by atoms with Crippen molar-refractivity contribution in [3.63, 3.8) is 0 Å². The quantitative estimate of drug-likeness (QED) is 0.725. The molecule has 0 aliphatic heterocycles. The summed E-state index contributed by atoms with van der Waals surface area (Å²) in [4.78, 5) is 15.6. The smallest absolute Gasteiger partial charge is 0.259 e.